The number of nitrogens with zero attached hydrogens (tertiary/aromatic N) is 2. The van der Waals surface area contributed by atoms with E-state index in [1.165, 1.54) is 0 Å². The summed E-state index contributed by atoms with van der Waals surface area (Å²) in [6.07, 6.45) is 1.74. The molecule has 0 atom stereocenters. The average molecular weight is 239 g/mol. The second kappa shape index (κ2) is 4.14. The summed E-state index contributed by atoms with van der Waals surface area (Å²) in [5, 5.41) is -0.515. The molecule has 0 saturated carbocycles. The number of imidazole rings is 1. The Morgan fingerprint density at radius 2 is 2.38 bits per heavy atom. The van der Waals surface area contributed by atoms with Crippen LogP contribution in [0.5, 0.6) is 5.75 Å². The van der Waals surface area contributed by atoms with Gasteiger partial charge in [-0.3, -0.25) is 9.20 Å². The van der Waals surface area contributed by atoms with Gasteiger partial charge in [0.05, 0.1) is 12.3 Å². The van der Waals surface area contributed by atoms with Crippen molar-refractivity contribution in [1.82, 2.24) is 9.38 Å². The molecule has 5 heteroatoms. The number of ether oxygens (including phenoxy) is 1. The normalized spacial score (nSPS) is 10.7. The minimum Gasteiger partial charge on any atom is -0.490 e. The molecule has 2 rings (SSSR count). The average Bonchev–Trinajstić information content (AvgIpc) is 2.55. The van der Waals surface area contributed by atoms with Gasteiger partial charge in [0.2, 0.25) is 0 Å². The Hall–Kier alpha value is -1.55. The number of carbonyl (C=O) groups excluding carboxylic acids is 1. The lowest BCUT2D eigenvalue weighted by Crippen LogP contribution is -1.99. The van der Waals surface area contributed by atoms with Crippen LogP contribution in [-0.4, -0.2) is 21.2 Å². The number of hydrogen-bond donors (Lipinski definition) is 0. The van der Waals surface area contributed by atoms with Crippen molar-refractivity contribution in [2.75, 3.05) is 6.61 Å². The summed E-state index contributed by atoms with van der Waals surface area (Å²) in [6.45, 7) is 4.20. The standard InChI is InChI=1S/C11H11ClN2O2/c1-3-16-8-5-4-6-14-9(10(12)15)7(2)13-11(8)14/h4-6H,3H2,1-2H3. The van der Waals surface area contributed by atoms with E-state index in [1.807, 2.05) is 13.0 Å². The van der Waals surface area contributed by atoms with Crippen molar-refractivity contribution in [1.29, 1.82) is 0 Å². The summed E-state index contributed by atoms with van der Waals surface area (Å²) in [6, 6.07) is 3.61. The van der Waals surface area contributed by atoms with Crippen molar-refractivity contribution in [3.63, 3.8) is 0 Å². The fourth-order valence-electron chi connectivity index (χ4n) is 1.66. The van der Waals surface area contributed by atoms with Gasteiger partial charge in [0.1, 0.15) is 5.69 Å². The number of carbonyl (C=O) groups is 1. The molecule has 0 saturated heterocycles. The smallest absolute Gasteiger partial charge is 0.271 e. The zero-order chi connectivity index (χ0) is 11.7. The fourth-order valence-corrected chi connectivity index (χ4v) is 1.89. The molecule has 0 N–H and O–H groups in total. The number of fused-ring (bicyclic) bond motifs is 1. The first-order chi connectivity index (χ1) is 7.65. The summed E-state index contributed by atoms with van der Waals surface area (Å²) in [5.41, 5.74) is 1.61. The predicted molar refractivity (Wildman–Crippen MR) is 61.3 cm³/mol. The molecule has 0 aliphatic heterocycles. The maximum absolute atomic E-state index is 11.3. The molecule has 0 aliphatic rings. The van der Waals surface area contributed by atoms with Gasteiger partial charge in [-0.05, 0) is 37.6 Å². The van der Waals surface area contributed by atoms with Gasteiger partial charge in [-0.2, -0.15) is 0 Å². The van der Waals surface area contributed by atoms with Crippen LogP contribution in [-0.2, 0) is 0 Å². The van der Waals surface area contributed by atoms with Gasteiger partial charge >= 0.3 is 0 Å². The van der Waals surface area contributed by atoms with Crippen LogP contribution < -0.4 is 4.74 Å². The number of hydrogen-bond acceptors (Lipinski definition) is 3. The van der Waals surface area contributed by atoms with Crippen molar-refractivity contribution < 1.29 is 9.53 Å². The van der Waals surface area contributed by atoms with E-state index in [0.29, 0.717) is 29.4 Å². The molecule has 2 aromatic rings. The number of aromatic nitrogens is 2. The molecule has 2 aromatic heterocycles. The molecule has 0 bridgehead atoms. The highest BCUT2D eigenvalue weighted by atomic mass is 35.5. The molecule has 0 unspecified atom stereocenters. The SMILES string of the molecule is CCOc1cccn2c(C(=O)Cl)c(C)nc12. The number of halogens is 1. The summed E-state index contributed by atoms with van der Waals surface area (Å²) < 4.78 is 7.08. The van der Waals surface area contributed by atoms with Crippen LogP contribution in [0.15, 0.2) is 18.3 Å². The maximum atomic E-state index is 11.3. The molecule has 16 heavy (non-hydrogen) atoms. The van der Waals surface area contributed by atoms with Gasteiger partial charge in [0.15, 0.2) is 11.4 Å². The quantitative estimate of drug-likeness (QED) is 0.772. The van der Waals surface area contributed by atoms with Crippen molar-refractivity contribution in [2.24, 2.45) is 0 Å². The zero-order valence-corrected chi connectivity index (χ0v) is 9.78. The lowest BCUT2D eigenvalue weighted by atomic mass is 10.4. The van der Waals surface area contributed by atoms with Gasteiger partial charge < -0.3 is 4.74 Å². The molecule has 0 spiro atoms. The number of aryl methyl sites for hydroxylation is 1. The topological polar surface area (TPSA) is 43.6 Å². The monoisotopic (exact) mass is 238 g/mol. The van der Waals surface area contributed by atoms with Crippen LogP contribution >= 0.6 is 11.6 Å². The molecular weight excluding hydrogens is 228 g/mol. The first-order valence-electron chi connectivity index (χ1n) is 4.95. The molecule has 4 nitrogen and oxygen atoms in total. The van der Waals surface area contributed by atoms with Gasteiger partial charge in [0, 0.05) is 6.20 Å². The van der Waals surface area contributed by atoms with Crippen LogP contribution in [0.2, 0.25) is 0 Å². The second-order valence-corrected chi connectivity index (χ2v) is 3.66. The third kappa shape index (κ3) is 1.65. The Kier molecular flexibility index (Phi) is 2.83. The lowest BCUT2D eigenvalue weighted by molar-refractivity contribution is 0.107. The van der Waals surface area contributed by atoms with Crippen molar-refractivity contribution in [2.45, 2.75) is 13.8 Å². The van der Waals surface area contributed by atoms with Crippen molar-refractivity contribution in [3.8, 4) is 5.75 Å². The van der Waals surface area contributed by atoms with Gasteiger partial charge in [0.25, 0.3) is 5.24 Å². The van der Waals surface area contributed by atoms with Crippen molar-refractivity contribution in [3.05, 3.63) is 29.7 Å². The van der Waals surface area contributed by atoms with Crippen LogP contribution in [0, 0.1) is 6.92 Å². The van der Waals surface area contributed by atoms with E-state index < -0.39 is 5.24 Å². The highest BCUT2D eigenvalue weighted by Crippen LogP contribution is 2.22. The molecule has 0 aliphatic carbocycles. The predicted octanol–water partition coefficient (Wildman–Crippen LogP) is 2.42. The fraction of sp³-hybridized carbons (Fsp3) is 0.273. The van der Waals surface area contributed by atoms with E-state index in [0.717, 1.165) is 0 Å². The lowest BCUT2D eigenvalue weighted by Gasteiger charge is -2.04. The minimum atomic E-state index is -0.515. The Morgan fingerprint density at radius 1 is 1.62 bits per heavy atom. The Balaban J connectivity index is 2.72. The van der Waals surface area contributed by atoms with E-state index >= 15 is 0 Å². The van der Waals surface area contributed by atoms with E-state index in [9.17, 15) is 4.79 Å². The molecule has 0 amide bonds. The summed E-state index contributed by atoms with van der Waals surface area (Å²) in [5.74, 6) is 0.650. The maximum Gasteiger partial charge on any atom is 0.271 e. The first-order valence-corrected chi connectivity index (χ1v) is 5.33. The van der Waals surface area contributed by atoms with E-state index in [2.05, 4.69) is 4.98 Å². The van der Waals surface area contributed by atoms with Gasteiger partial charge in [-0.25, -0.2) is 4.98 Å². The van der Waals surface area contributed by atoms with E-state index in [4.69, 9.17) is 16.3 Å². The van der Waals surface area contributed by atoms with Crippen molar-refractivity contribution >= 4 is 22.5 Å². The van der Waals surface area contributed by atoms with Crippen LogP contribution in [0.4, 0.5) is 0 Å². The highest BCUT2D eigenvalue weighted by Gasteiger charge is 2.16. The zero-order valence-electron chi connectivity index (χ0n) is 9.03. The number of rotatable bonds is 3. The first kappa shape index (κ1) is 11.0. The number of pyridine rings is 1. The van der Waals surface area contributed by atoms with Crippen LogP contribution in [0.25, 0.3) is 5.65 Å². The summed E-state index contributed by atoms with van der Waals surface area (Å²) >= 11 is 5.52. The molecule has 2 heterocycles. The molecule has 0 fully saturated rings. The Bertz CT molecular complexity index is 548. The summed E-state index contributed by atoms with van der Waals surface area (Å²) in [4.78, 5) is 15.6. The van der Waals surface area contributed by atoms with Crippen LogP contribution in [0.3, 0.4) is 0 Å². The van der Waals surface area contributed by atoms with Gasteiger partial charge in [-0.15, -0.1) is 0 Å². The Morgan fingerprint density at radius 3 is 3.00 bits per heavy atom. The largest absolute Gasteiger partial charge is 0.490 e. The molecule has 0 radical (unpaired) electrons. The van der Waals surface area contributed by atoms with E-state index in [1.54, 1.807) is 23.6 Å². The molecular formula is C11H11ClN2O2. The third-order valence-electron chi connectivity index (χ3n) is 2.27. The molecule has 84 valence electrons. The van der Waals surface area contributed by atoms with Gasteiger partial charge in [-0.1, -0.05) is 0 Å². The minimum absolute atomic E-state index is 0.387. The Labute approximate surface area is 97.8 Å². The molecule has 0 aromatic carbocycles. The summed E-state index contributed by atoms with van der Waals surface area (Å²) in [7, 11) is 0. The highest BCUT2D eigenvalue weighted by molar-refractivity contribution is 6.67. The third-order valence-corrected chi connectivity index (χ3v) is 2.45. The van der Waals surface area contributed by atoms with E-state index in [-0.39, 0.29) is 0 Å². The second-order valence-electron chi connectivity index (χ2n) is 3.32. The van der Waals surface area contributed by atoms with Crippen LogP contribution in [0.1, 0.15) is 23.1 Å².